The van der Waals surface area contributed by atoms with Gasteiger partial charge in [-0.05, 0) is 74.6 Å². The number of nitrogens with zero attached hydrogens (tertiary/aromatic N) is 1. The van der Waals surface area contributed by atoms with Gasteiger partial charge in [0.25, 0.3) is 0 Å². The number of carboxylic acid groups (broad SMARTS) is 1. The van der Waals surface area contributed by atoms with Crippen molar-refractivity contribution in [3.05, 3.63) is 99.5 Å². The first kappa shape index (κ1) is 29.4. The molecule has 1 N–H and O–H groups in total. The molecule has 41 heavy (non-hydrogen) atoms. The summed E-state index contributed by atoms with van der Waals surface area (Å²) < 4.78 is 13.4. The zero-order chi connectivity index (χ0) is 29.1. The average molecular weight is 597 g/mol. The first-order valence-electron chi connectivity index (χ1n) is 14.0. The molecule has 2 aliphatic rings. The third-order valence-corrected chi connectivity index (χ3v) is 8.68. The first-order chi connectivity index (χ1) is 19.6. The minimum Gasteiger partial charge on any atom is -0.487 e. The Bertz CT molecular complexity index is 1390. The van der Waals surface area contributed by atoms with Gasteiger partial charge in [-0.25, -0.2) is 0 Å². The molecule has 3 aromatic rings. The number of carbonyl (C=O) groups is 2. The van der Waals surface area contributed by atoms with Crippen LogP contribution >= 0.6 is 23.2 Å². The lowest BCUT2D eigenvalue weighted by Gasteiger charge is -2.51. The lowest BCUT2D eigenvalue weighted by atomic mass is 9.71. The van der Waals surface area contributed by atoms with Gasteiger partial charge in [-0.3, -0.25) is 9.59 Å². The maximum absolute atomic E-state index is 14.4. The van der Waals surface area contributed by atoms with Gasteiger partial charge in [0.15, 0.2) is 0 Å². The number of carbonyl (C=O) groups excluding carboxylic acids is 1. The van der Waals surface area contributed by atoms with Gasteiger partial charge in [0.05, 0.1) is 18.1 Å². The second-order valence-corrected chi connectivity index (χ2v) is 12.4. The Morgan fingerprint density at radius 2 is 1.73 bits per heavy atom. The summed E-state index contributed by atoms with van der Waals surface area (Å²) in [5, 5.41) is 10.5. The van der Waals surface area contributed by atoms with E-state index in [-0.39, 0.29) is 24.3 Å². The number of fused-ring (bicyclic) bond motifs is 3. The van der Waals surface area contributed by atoms with Crippen molar-refractivity contribution in [2.45, 2.75) is 63.9 Å². The predicted octanol–water partition coefficient (Wildman–Crippen LogP) is 7.36. The van der Waals surface area contributed by atoms with Crippen molar-refractivity contribution >= 4 is 35.1 Å². The number of rotatable bonds is 9. The molecule has 6 nitrogen and oxygen atoms in total. The minimum absolute atomic E-state index is 0.0140. The van der Waals surface area contributed by atoms with Crippen LogP contribution in [0, 0.1) is 11.8 Å². The fourth-order valence-electron chi connectivity index (χ4n) is 6.11. The number of carboxylic acids is 1. The van der Waals surface area contributed by atoms with E-state index in [0.717, 1.165) is 22.4 Å². The molecule has 0 aromatic heterocycles. The summed E-state index contributed by atoms with van der Waals surface area (Å²) in [5.41, 5.74) is 2.37. The van der Waals surface area contributed by atoms with Crippen molar-refractivity contribution in [2.24, 2.45) is 11.8 Å². The zero-order valence-electron chi connectivity index (χ0n) is 23.3. The Kier molecular flexibility index (Phi) is 8.93. The fourth-order valence-corrected chi connectivity index (χ4v) is 6.45. The minimum atomic E-state index is -0.883. The quantitative estimate of drug-likeness (QED) is 0.279. The van der Waals surface area contributed by atoms with Crippen LogP contribution in [0.15, 0.2) is 72.8 Å². The van der Waals surface area contributed by atoms with Crippen molar-refractivity contribution in [2.75, 3.05) is 6.54 Å². The van der Waals surface area contributed by atoms with Gasteiger partial charge in [0, 0.05) is 41.0 Å². The molecule has 1 saturated heterocycles. The molecule has 216 valence electrons. The van der Waals surface area contributed by atoms with Gasteiger partial charge in [-0.1, -0.05) is 65.7 Å². The smallest absolute Gasteiger partial charge is 0.303 e. The van der Waals surface area contributed by atoms with Gasteiger partial charge >= 0.3 is 5.97 Å². The molecule has 0 radical (unpaired) electrons. The van der Waals surface area contributed by atoms with Crippen molar-refractivity contribution < 1.29 is 24.2 Å². The number of benzene rings is 3. The van der Waals surface area contributed by atoms with E-state index in [9.17, 15) is 14.7 Å². The zero-order valence-corrected chi connectivity index (χ0v) is 24.8. The van der Waals surface area contributed by atoms with Crippen molar-refractivity contribution in [1.82, 2.24) is 4.90 Å². The molecule has 0 aliphatic carbocycles. The average Bonchev–Trinajstić information content (AvgIpc) is 2.92. The van der Waals surface area contributed by atoms with Crippen LogP contribution in [0.25, 0.3) is 0 Å². The third kappa shape index (κ3) is 6.88. The highest BCUT2D eigenvalue weighted by atomic mass is 35.5. The largest absolute Gasteiger partial charge is 0.487 e. The first-order valence-corrected chi connectivity index (χ1v) is 14.8. The Balaban J connectivity index is 1.48. The number of hydrogen-bond acceptors (Lipinski definition) is 4. The van der Waals surface area contributed by atoms with Gasteiger partial charge in [-0.15, -0.1) is 0 Å². The van der Waals surface area contributed by atoms with Crippen LogP contribution in [0.3, 0.4) is 0 Å². The van der Waals surface area contributed by atoms with Crippen LogP contribution in [0.5, 0.6) is 5.75 Å². The molecule has 1 fully saturated rings. The molecule has 0 spiro atoms. The van der Waals surface area contributed by atoms with Crippen LogP contribution in [0.2, 0.25) is 10.0 Å². The third-order valence-electron chi connectivity index (χ3n) is 8.20. The van der Waals surface area contributed by atoms with Gasteiger partial charge in [-0.2, -0.15) is 0 Å². The van der Waals surface area contributed by atoms with Gasteiger partial charge < -0.3 is 19.5 Å². The summed E-state index contributed by atoms with van der Waals surface area (Å²) >= 11 is 12.4. The van der Waals surface area contributed by atoms with Crippen molar-refractivity contribution in [3.8, 4) is 5.75 Å². The topological polar surface area (TPSA) is 76.1 Å². The molecule has 2 heterocycles. The van der Waals surface area contributed by atoms with Crippen molar-refractivity contribution in [3.63, 3.8) is 0 Å². The van der Waals surface area contributed by atoms with E-state index in [1.54, 1.807) is 17.0 Å². The standard InChI is InChI=1S/C33H35Cl2NO5/c1-33(2)27-19-26(32(39)36(16-6-11-30(37)38)20-21-12-14-23(34)15-13-21)29(18-22-7-5-8-24(35)17-22)40-31(27)25-9-3-4-10-28(25)41-33/h3-5,7-10,12-15,17,26-27,29,31H,6,11,16,18-20H2,1-2H3,(H,37,38)/t26-,27-,29-,31+/m1/s1. The second kappa shape index (κ2) is 12.4. The summed E-state index contributed by atoms with van der Waals surface area (Å²) in [6.45, 7) is 4.79. The molecular formula is C33H35Cl2NO5. The SMILES string of the molecule is CC1(C)Oc2ccccc2[C@@H]2O[C@H](Cc3cccc(Cl)c3)[C@H](C(=O)N(CCCC(=O)O)Cc3ccc(Cl)cc3)C[C@H]21. The summed E-state index contributed by atoms with van der Waals surface area (Å²) in [6.07, 6.45) is 0.811. The number of hydrogen-bond donors (Lipinski definition) is 1. The fraction of sp³-hybridized carbons (Fsp3) is 0.394. The van der Waals surface area contributed by atoms with E-state index in [1.165, 1.54) is 0 Å². The Hall–Kier alpha value is -3.06. The molecule has 4 atom stereocenters. The van der Waals surface area contributed by atoms with Crippen LogP contribution in [0.1, 0.15) is 55.9 Å². The highest BCUT2D eigenvalue weighted by Gasteiger charge is 2.52. The monoisotopic (exact) mass is 595 g/mol. The van der Waals surface area contributed by atoms with Crippen LogP contribution in [-0.2, 0) is 27.3 Å². The molecule has 0 saturated carbocycles. The molecule has 0 bridgehead atoms. The summed E-state index contributed by atoms with van der Waals surface area (Å²) in [7, 11) is 0. The van der Waals surface area contributed by atoms with Crippen molar-refractivity contribution in [1.29, 1.82) is 0 Å². The maximum Gasteiger partial charge on any atom is 0.303 e. The Morgan fingerprint density at radius 3 is 2.46 bits per heavy atom. The van der Waals surface area contributed by atoms with E-state index < -0.39 is 23.6 Å². The number of para-hydroxylation sites is 1. The number of aliphatic carboxylic acids is 1. The summed E-state index contributed by atoms with van der Waals surface area (Å²) in [4.78, 5) is 27.5. The van der Waals surface area contributed by atoms with E-state index in [1.807, 2.05) is 60.7 Å². The predicted molar refractivity (Wildman–Crippen MR) is 159 cm³/mol. The normalized spacial score (nSPS) is 22.6. The van der Waals surface area contributed by atoms with Gasteiger partial charge in [0.1, 0.15) is 11.4 Å². The summed E-state index contributed by atoms with van der Waals surface area (Å²) in [5.74, 6) is -0.640. The van der Waals surface area contributed by atoms with E-state index in [4.69, 9.17) is 32.7 Å². The molecule has 0 unspecified atom stereocenters. The number of amides is 1. The molecule has 1 amide bonds. The lowest BCUT2D eigenvalue weighted by molar-refractivity contribution is -0.184. The molecular weight excluding hydrogens is 561 g/mol. The summed E-state index contributed by atoms with van der Waals surface area (Å²) in [6, 6.07) is 23.0. The van der Waals surface area contributed by atoms with E-state index >= 15 is 0 Å². The highest BCUT2D eigenvalue weighted by Crippen LogP contribution is 2.52. The lowest BCUT2D eigenvalue weighted by Crippen LogP contribution is -2.54. The molecule has 5 rings (SSSR count). The van der Waals surface area contributed by atoms with E-state index in [2.05, 4.69) is 13.8 Å². The van der Waals surface area contributed by atoms with Crippen LogP contribution < -0.4 is 4.74 Å². The highest BCUT2D eigenvalue weighted by molar-refractivity contribution is 6.30. The molecule has 3 aromatic carbocycles. The van der Waals surface area contributed by atoms with Gasteiger partial charge in [0.2, 0.25) is 5.91 Å². The second-order valence-electron chi connectivity index (χ2n) is 11.5. The molecule has 2 aliphatic heterocycles. The Morgan fingerprint density at radius 1 is 0.976 bits per heavy atom. The van der Waals surface area contributed by atoms with E-state index in [0.29, 0.717) is 42.4 Å². The van der Waals surface area contributed by atoms with Crippen LogP contribution in [0.4, 0.5) is 0 Å². The maximum atomic E-state index is 14.4. The van der Waals surface area contributed by atoms with Crippen LogP contribution in [-0.4, -0.2) is 40.1 Å². The number of halogens is 2. The molecule has 8 heteroatoms. The number of ether oxygens (including phenoxy) is 2. The Labute approximate surface area is 251 Å².